The zero-order valence-corrected chi connectivity index (χ0v) is 11.6. The van der Waals surface area contributed by atoms with E-state index >= 15 is 0 Å². The van der Waals surface area contributed by atoms with Gasteiger partial charge < -0.3 is 9.52 Å². The lowest BCUT2D eigenvalue weighted by Gasteiger charge is -2.08. The van der Waals surface area contributed by atoms with Crippen molar-refractivity contribution >= 4 is 11.6 Å². The van der Waals surface area contributed by atoms with E-state index in [9.17, 15) is 5.11 Å². The lowest BCUT2D eigenvalue weighted by Crippen LogP contribution is -2.00. The fourth-order valence-corrected chi connectivity index (χ4v) is 2.54. The number of halogens is 1. The van der Waals surface area contributed by atoms with Crippen LogP contribution in [0.2, 0.25) is 5.02 Å². The summed E-state index contributed by atoms with van der Waals surface area (Å²) < 4.78 is 5.76. The number of benzene rings is 1. The fourth-order valence-electron chi connectivity index (χ4n) is 2.41. The summed E-state index contributed by atoms with van der Waals surface area (Å²) in [6.07, 6.45) is 1.15. The van der Waals surface area contributed by atoms with E-state index in [1.54, 1.807) is 0 Å². The van der Waals surface area contributed by atoms with Gasteiger partial charge in [-0.25, -0.2) is 0 Å². The summed E-state index contributed by atoms with van der Waals surface area (Å²) in [5.74, 6) is 2.94. The Balaban J connectivity index is 1.68. The molecule has 0 amide bonds. The van der Waals surface area contributed by atoms with Crippen LogP contribution in [0.3, 0.4) is 0 Å². The molecular formula is C16H17ClO2. The second-order valence-corrected chi connectivity index (χ2v) is 5.84. The molecule has 3 atom stereocenters. The highest BCUT2D eigenvalue weighted by molar-refractivity contribution is 6.30. The Kier molecular flexibility index (Phi) is 3.38. The van der Waals surface area contributed by atoms with Crippen molar-refractivity contribution in [1.82, 2.24) is 0 Å². The Bertz CT molecular complexity index is 558. The maximum atomic E-state index is 10.2. The van der Waals surface area contributed by atoms with E-state index in [0.717, 1.165) is 11.3 Å². The topological polar surface area (TPSA) is 33.4 Å². The minimum atomic E-state index is -0.594. The van der Waals surface area contributed by atoms with E-state index in [1.165, 1.54) is 6.42 Å². The predicted molar refractivity (Wildman–Crippen MR) is 75.3 cm³/mol. The first-order valence-corrected chi connectivity index (χ1v) is 7.03. The van der Waals surface area contributed by atoms with Gasteiger partial charge in [0, 0.05) is 17.4 Å². The summed E-state index contributed by atoms with van der Waals surface area (Å²) in [7, 11) is 0. The first-order chi connectivity index (χ1) is 9.13. The lowest BCUT2D eigenvalue weighted by atomic mass is 10.1. The van der Waals surface area contributed by atoms with E-state index in [4.69, 9.17) is 16.0 Å². The molecule has 1 aromatic heterocycles. The van der Waals surface area contributed by atoms with Crippen LogP contribution >= 0.6 is 11.6 Å². The average molecular weight is 277 g/mol. The van der Waals surface area contributed by atoms with Gasteiger partial charge in [0.25, 0.3) is 0 Å². The highest BCUT2D eigenvalue weighted by atomic mass is 35.5. The van der Waals surface area contributed by atoms with Crippen LogP contribution < -0.4 is 0 Å². The van der Waals surface area contributed by atoms with Gasteiger partial charge in [-0.15, -0.1) is 0 Å². The molecule has 1 aromatic carbocycles. The minimum Gasteiger partial charge on any atom is -0.463 e. The Morgan fingerprint density at radius 1 is 1.26 bits per heavy atom. The maximum Gasteiger partial charge on any atom is 0.133 e. The van der Waals surface area contributed by atoms with Crippen LogP contribution in [0.5, 0.6) is 0 Å². The summed E-state index contributed by atoms with van der Waals surface area (Å²) >= 11 is 5.84. The zero-order valence-electron chi connectivity index (χ0n) is 10.8. The van der Waals surface area contributed by atoms with Crippen LogP contribution in [0.4, 0.5) is 0 Å². The molecule has 1 N–H and O–H groups in total. The monoisotopic (exact) mass is 276 g/mol. The van der Waals surface area contributed by atoms with Crippen LogP contribution in [-0.4, -0.2) is 5.11 Å². The van der Waals surface area contributed by atoms with Gasteiger partial charge in [0.2, 0.25) is 0 Å². The van der Waals surface area contributed by atoms with Crippen molar-refractivity contribution in [3.63, 3.8) is 0 Å². The van der Waals surface area contributed by atoms with Crippen molar-refractivity contribution in [2.75, 3.05) is 0 Å². The molecule has 1 fully saturated rings. The largest absolute Gasteiger partial charge is 0.463 e. The summed E-state index contributed by atoms with van der Waals surface area (Å²) in [6, 6.07) is 11.4. The molecule has 0 saturated heterocycles. The van der Waals surface area contributed by atoms with Gasteiger partial charge in [-0.2, -0.15) is 0 Å². The van der Waals surface area contributed by atoms with Crippen molar-refractivity contribution in [2.24, 2.45) is 5.92 Å². The van der Waals surface area contributed by atoms with E-state index in [-0.39, 0.29) is 0 Å². The van der Waals surface area contributed by atoms with Gasteiger partial charge in [0.1, 0.15) is 17.6 Å². The lowest BCUT2D eigenvalue weighted by molar-refractivity contribution is 0.148. The second kappa shape index (κ2) is 5.03. The smallest absolute Gasteiger partial charge is 0.133 e. The van der Waals surface area contributed by atoms with Gasteiger partial charge >= 0.3 is 0 Å². The van der Waals surface area contributed by atoms with Crippen molar-refractivity contribution in [1.29, 1.82) is 0 Å². The van der Waals surface area contributed by atoms with E-state index < -0.39 is 6.10 Å². The van der Waals surface area contributed by atoms with Crippen LogP contribution in [0.25, 0.3) is 0 Å². The number of aliphatic hydroxyl groups excluding tert-OH is 1. The molecule has 1 saturated carbocycles. The Labute approximate surface area is 118 Å². The van der Waals surface area contributed by atoms with Crippen LogP contribution in [0, 0.1) is 5.92 Å². The normalized spacial score (nSPS) is 23.3. The van der Waals surface area contributed by atoms with Crippen molar-refractivity contribution in [2.45, 2.75) is 31.8 Å². The SMILES string of the molecule is CC1CC1c1ccc(C(O)Cc2ccc(Cl)cc2)o1. The number of aliphatic hydroxyl groups is 1. The number of rotatable bonds is 4. The number of hydrogen-bond donors (Lipinski definition) is 1. The molecule has 1 aliphatic rings. The molecule has 0 spiro atoms. The van der Waals surface area contributed by atoms with Gasteiger partial charge in [0.05, 0.1) is 0 Å². The second-order valence-electron chi connectivity index (χ2n) is 5.41. The van der Waals surface area contributed by atoms with Gasteiger partial charge in [0.15, 0.2) is 0 Å². The van der Waals surface area contributed by atoms with Crippen LogP contribution in [0.15, 0.2) is 40.8 Å². The molecule has 3 unspecified atom stereocenters. The minimum absolute atomic E-state index is 0.546. The Morgan fingerprint density at radius 2 is 1.95 bits per heavy atom. The first-order valence-electron chi connectivity index (χ1n) is 6.65. The molecule has 3 heteroatoms. The van der Waals surface area contributed by atoms with Gasteiger partial charge in [-0.3, -0.25) is 0 Å². The van der Waals surface area contributed by atoms with E-state index in [2.05, 4.69) is 6.92 Å². The summed E-state index contributed by atoms with van der Waals surface area (Å²) in [4.78, 5) is 0. The van der Waals surface area contributed by atoms with Gasteiger partial charge in [-0.05, 0) is 42.2 Å². The summed E-state index contributed by atoms with van der Waals surface area (Å²) in [5, 5.41) is 10.9. The highest BCUT2D eigenvalue weighted by Gasteiger charge is 2.36. The predicted octanol–water partition coefficient (Wildman–Crippen LogP) is 4.33. The molecule has 2 aromatic rings. The van der Waals surface area contributed by atoms with Gasteiger partial charge in [-0.1, -0.05) is 30.7 Å². The van der Waals surface area contributed by atoms with E-state index in [1.807, 2.05) is 36.4 Å². The molecule has 0 aliphatic heterocycles. The maximum absolute atomic E-state index is 10.2. The molecule has 1 heterocycles. The molecule has 2 nitrogen and oxygen atoms in total. The number of furan rings is 1. The fraction of sp³-hybridized carbons (Fsp3) is 0.375. The quantitative estimate of drug-likeness (QED) is 0.901. The molecule has 0 bridgehead atoms. The zero-order chi connectivity index (χ0) is 13.4. The highest BCUT2D eigenvalue weighted by Crippen LogP contribution is 2.47. The van der Waals surface area contributed by atoms with Crippen molar-refractivity contribution in [3.05, 3.63) is 58.5 Å². The Morgan fingerprint density at radius 3 is 2.58 bits per heavy atom. The third-order valence-corrected chi connectivity index (χ3v) is 4.05. The number of hydrogen-bond acceptors (Lipinski definition) is 2. The molecule has 0 radical (unpaired) electrons. The third kappa shape index (κ3) is 2.85. The summed E-state index contributed by atoms with van der Waals surface area (Å²) in [5.41, 5.74) is 1.05. The molecule has 19 heavy (non-hydrogen) atoms. The Hall–Kier alpha value is -1.25. The molecule has 1 aliphatic carbocycles. The van der Waals surface area contributed by atoms with E-state index in [0.29, 0.717) is 29.0 Å². The standard InChI is InChI=1S/C16H17ClO2/c1-10-8-13(10)15-6-7-16(19-15)14(18)9-11-2-4-12(17)5-3-11/h2-7,10,13-14,18H,8-9H2,1H3. The van der Waals surface area contributed by atoms with Crippen LogP contribution in [-0.2, 0) is 6.42 Å². The van der Waals surface area contributed by atoms with Crippen molar-refractivity contribution < 1.29 is 9.52 Å². The molecule has 100 valence electrons. The van der Waals surface area contributed by atoms with Crippen LogP contribution in [0.1, 0.15) is 42.5 Å². The van der Waals surface area contributed by atoms with Crippen molar-refractivity contribution in [3.8, 4) is 0 Å². The molecular weight excluding hydrogens is 260 g/mol. The average Bonchev–Trinajstić information content (AvgIpc) is 2.93. The molecule has 3 rings (SSSR count). The first kappa shape index (κ1) is 12.8. The summed E-state index contributed by atoms with van der Waals surface area (Å²) in [6.45, 7) is 2.22. The third-order valence-electron chi connectivity index (χ3n) is 3.79.